The van der Waals surface area contributed by atoms with Gasteiger partial charge in [-0.05, 0) is 36.2 Å². The van der Waals surface area contributed by atoms with Gasteiger partial charge in [0.2, 0.25) is 0 Å². The summed E-state index contributed by atoms with van der Waals surface area (Å²) in [6.07, 6.45) is 1.69. The van der Waals surface area contributed by atoms with Crippen LogP contribution in [0.2, 0.25) is 0 Å². The van der Waals surface area contributed by atoms with Crippen LogP contribution in [0.5, 0.6) is 5.75 Å². The molecule has 0 saturated heterocycles. The Kier molecular flexibility index (Phi) is 5.92. The number of nitrogens with one attached hydrogen (secondary N) is 1. The van der Waals surface area contributed by atoms with Crippen molar-refractivity contribution in [1.82, 2.24) is 19.2 Å². The number of carbonyl (C=O) groups excluding carboxylic acids is 1. The number of nitrogens with zero attached hydrogens (tertiary/aromatic N) is 5. The van der Waals surface area contributed by atoms with Gasteiger partial charge in [-0.25, -0.2) is 0 Å². The Morgan fingerprint density at radius 1 is 1.05 bits per heavy atom. The lowest BCUT2D eigenvalue weighted by molar-refractivity contribution is 0.0999. The zero-order valence-electron chi connectivity index (χ0n) is 22.8. The molecule has 0 fully saturated rings. The highest BCUT2D eigenvalue weighted by Gasteiger charge is 2.34. The Labute approximate surface area is 230 Å². The second kappa shape index (κ2) is 9.10. The number of likely N-dealkylation sites (N-methyl/N-ethyl adjacent to an activating group) is 1. The zero-order valence-corrected chi connectivity index (χ0v) is 23.6. The molecule has 0 atom stereocenters. The molecule has 9 nitrogen and oxygen atoms in total. The van der Waals surface area contributed by atoms with E-state index in [1.165, 1.54) is 20.8 Å². The van der Waals surface area contributed by atoms with E-state index >= 15 is 0 Å². The lowest BCUT2D eigenvalue weighted by atomic mass is 9.94. The average Bonchev–Trinajstić information content (AvgIpc) is 3.56. The Bertz CT molecular complexity index is 1680. The summed E-state index contributed by atoms with van der Waals surface area (Å²) in [5.41, 5.74) is 3.85. The molecule has 0 aliphatic carbocycles. The van der Waals surface area contributed by atoms with Crippen LogP contribution in [0.15, 0.2) is 47.4 Å². The maximum Gasteiger partial charge on any atom is 0.274 e. The number of fused-ring (bicyclic) bond motifs is 2. The van der Waals surface area contributed by atoms with Crippen LogP contribution < -0.4 is 15.8 Å². The fraction of sp³-hybridized carbons (Fsp3) is 0.345. The first-order valence-corrected chi connectivity index (χ1v) is 13.8. The molecule has 4 aromatic rings. The second-order valence-corrected chi connectivity index (χ2v) is 12.5. The molecule has 3 aromatic heterocycles. The highest BCUT2D eigenvalue weighted by molar-refractivity contribution is 7.14. The second-order valence-electron chi connectivity index (χ2n) is 11.4. The summed E-state index contributed by atoms with van der Waals surface area (Å²) in [7, 11) is 3.75. The van der Waals surface area contributed by atoms with Gasteiger partial charge >= 0.3 is 0 Å². The molecular weight excluding hydrogens is 512 g/mol. The highest BCUT2D eigenvalue weighted by atomic mass is 32.1. The van der Waals surface area contributed by atoms with Crippen LogP contribution in [-0.2, 0) is 32.1 Å². The van der Waals surface area contributed by atoms with Gasteiger partial charge in [-0.3, -0.25) is 24.1 Å². The Morgan fingerprint density at radius 3 is 2.59 bits per heavy atom. The van der Waals surface area contributed by atoms with Gasteiger partial charge in [0.1, 0.15) is 11.4 Å². The van der Waals surface area contributed by atoms with Crippen molar-refractivity contribution in [3.63, 3.8) is 0 Å². The highest BCUT2D eigenvalue weighted by Crippen LogP contribution is 2.43. The summed E-state index contributed by atoms with van der Waals surface area (Å²) < 4.78 is 3.45. The van der Waals surface area contributed by atoms with Gasteiger partial charge in [0.15, 0.2) is 5.82 Å². The van der Waals surface area contributed by atoms with Crippen molar-refractivity contribution in [2.45, 2.75) is 45.8 Å². The quantitative estimate of drug-likeness (QED) is 0.388. The van der Waals surface area contributed by atoms with Gasteiger partial charge in [-0.2, -0.15) is 5.10 Å². The zero-order chi connectivity index (χ0) is 27.6. The van der Waals surface area contributed by atoms with Gasteiger partial charge in [0.05, 0.1) is 29.3 Å². The number of rotatable bonds is 4. The number of amides is 1. The van der Waals surface area contributed by atoms with E-state index in [1.807, 2.05) is 16.8 Å². The number of phenolic OH excluding ortho intramolecular Hbond substituents is 1. The number of pyridine rings is 1. The van der Waals surface area contributed by atoms with E-state index in [0.717, 1.165) is 35.8 Å². The molecule has 0 bridgehead atoms. The SMILES string of the molecule is CN1CCn2nc(Nc3cc(-c4cccc(N5Cc6cc(C(C)(C)C)sc6C5=O)c4O)cn(C)c3=O)cc2C1. The number of phenols is 1. The standard InChI is InChI=1S/C29H32N6O3S/c1-29(2,3)23-12-18-15-34(28(38)26(18)39-23)22-8-6-7-20(25(22)36)17-11-21(27(37)33(5)14-17)30-24-13-19-16-32(4)9-10-35(19)31-24/h6-8,11-14,36H,9-10,15-16H2,1-5H3,(H,30,31). The molecule has 2 N–H and O–H groups in total. The summed E-state index contributed by atoms with van der Waals surface area (Å²) in [6, 6.07) is 11.2. The molecule has 2 aliphatic heterocycles. The minimum absolute atomic E-state index is 0.00198. The van der Waals surface area contributed by atoms with Crippen LogP contribution in [0, 0.1) is 0 Å². The van der Waals surface area contributed by atoms with E-state index in [-0.39, 0.29) is 22.6 Å². The molecular formula is C29H32N6O3S. The summed E-state index contributed by atoms with van der Waals surface area (Å²) in [5.74, 6) is 0.508. The lowest BCUT2D eigenvalue weighted by Crippen LogP contribution is -2.30. The number of carbonyl (C=O) groups is 1. The smallest absolute Gasteiger partial charge is 0.274 e. The summed E-state index contributed by atoms with van der Waals surface area (Å²) in [5, 5.41) is 19.2. The molecule has 10 heteroatoms. The van der Waals surface area contributed by atoms with Crippen molar-refractivity contribution < 1.29 is 9.90 Å². The van der Waals surface area contributed by atoms with E-state index in [1.54, 1.807) is 36.3 Å². The molecule has 1 aromatic carbocycles. The van der Waals surface area contributed by atoms with Gasteiger partial charge in [-0.1, -0.05) is 32.9 Å². The molecule has 202 valence electrons. The molecule has 0 spiro atoms. The van der Waals surface area contributed by atoms with Crippen LogP contribution in [-0.4, -0.2) is 43.9 Å². The summed E-state index contributed by atoms with van der Waals surface area (Å²) >= 11 is 1.53. The van der Waals surface area contributed by atoms with Crippen molar-refractivity contribution in [2.75, 3.05) is 23.8 Å². The third kappa shape index (κ3) is 4.43. The monoisotopic (exact) mass is 544 g/mol. The maximum absolute atomic E-state index is 13.4. The first-order chi connectivity index (χ1) is 18.5. The number of benzene rings is 1. The topological polar surface area (TPSA) is 95.6 Å². The number of aryl methyl sites for hydroxylation is 1. The van der Waals surface area contributed by atoms with Crippen molar-refractivity contribution >= 4 is 34.4 Å². The Hall–Kier alpha value is -3.89. The minimum Gasteiger partial charge on any atom is -0.505 e. The van der Waals surface area contributed by atoms with Crippen molar-refractivity contribution in [2.24, 2.45) is 7.05 Å². The molecule has 0 radical (unpaired) electrons. The van der Waals surface area contributed by atoms with Crippen LogP contribution in [0.1, 0.15) is 46.6 Å². The summed E-state index contributed by atoms with van der Waals surface area (Å²) in [4.78, 5) is 32.1. The number of thiophene rings is 1. The molecule has 5 heterocycles. The van der Waals surface area contributed by atoms with E-state index < -0.39 is 0 Å². The maximum atomic E-state index is 13.4. The molecule has 6 rings (SSSR count). The average molecular weight is 545 g/mol. The normalized spacial score (nSPS) is 15.5. The predicted molar refractivity (Wildman–Crippen MR) is 154 cm³/mol. The molecule has 0 unspecified atom stereocenters. The van der Waals surface area contributed by atoms with Gasteiger partial charge in [-0.15, -0.1) is 11.3 Å². The largest absolute Gasteiger partial charge is 0.505 e. The van der Waals surface area contributed by atoms with E-state index in [4.69, 9.17) is 0 Å². The first-order valence-electron chi connectivity index (χ1n) is 13.0. The first kappa shape index (κ1) is 25.4. The Balaban J connectivity index is 1.32. The third-order valence-electron chi connectivity index (χ3n) is 7.37. The van der Waals surface area contributed by atoms with Gasteiger partial charge in [0, 0.05) is 48.4 Å². The van der Waals surface area contributed by atoms with E-state index in [9.17, 15) is 14.7 Å². The van der Waals surface area contributed by atoms with E-state index in [0.29, 0.717) is 34.9 Å². The number of hydrogen-bond acceptors (Lipinski definition) is 7. The van der Waals surface area contributed by atoms with Crippen molar-refractivity contribution in [3.05, 3.63) is 74.0 Å². The number of hydrogen-bond donors (Lipinski definition) is 2. The van der Waals surface area contributed by atoms with E-state index in [2.05, 4.69) is 49.2 Å². The van der Waals surface area contributed by atoms with Gasteiger partial charge in [0.25, 0.3) is 11.5 Å². The number of para-hydroxylation sites is 1. The van der Waals surface area contributed by atoms with Crippen LogP contribution in [0.25, 0.3) is 11.1 Å². The summed E-state index contributed by atoms with van der Waals surface area (Å²) in [6.45, 7) is 9.35. The van der Waals surface area contributed by atoms with Crippen molar-refractivity contribution in [3.8, 4) is 16.9 Å². The fourth-order valence-corrected chi connectivity index (χ4v) is 6.36. The number of aromatic hydroxyl groups is 1. The number of anilines is 3. The lowest BCUT2D eigenvalue weighted by Gasteiger charge is -2.22. The minimum atomic E-state index is -0.203. The fourth-order valence-electron chi connectivity index (χ4n) is 5.18. The van der Waals surface area contributed by atoms with Crippen LogP contribution in [0.3, 0.4) is 0 Å². The number of aromatic nitrogens is 3. The molecule has 2 aliphatic rings. The van der Waals surface area contributed by atoms with Gasteiger partial charge < -0.3 is 15.0 Å². The van der Waals surface area contributed by atoms with Crippen LogP contribution >= 0.6 is 11.3 Å². The molecule has 39 heavy (non-hydrogen) atoms. The Morgan fingerprint density at radius 2 is 1.85 bits per heavy atom. The predicted octanol–water partition coefficient (Wildman–Crippen LogP) is 4.66. The van der Waals surface area contributed by atoms with Crippen molar-refractivity contribution in [1.29, 1.82) is 0 Å². The third-order valence-corrected chi connectivity index (χ3v) is 8.96. The molecule has 0 saturated carbocycles. The molecule has 1 amide bonds. The van der Waals surface area contributed by atoms with Crippen LogP contribution in [0.4, 0.5) is 17.2 Å².